The SMILES string of the molecule is CC(Sc1nnc(-c2ccccc2F)n1C1CC1)C(=O)Nc1cc(Cl)cc(Cl)c1. The van der Waals surface area contributed by atoms with Gasteiger partial charge < -0.3 is 5.32 Å². The van der Waals surface area contributed by atoms with Crippen LogP contribution in [0.5, 0.6) is 0 Å². The van der Waals surface area contributed by atoms with E-state index in [1.165, 1.54) is 17.8 Å². The van der Waals surface area contributed by atoms with Crippen molar-refractivity contribution >= 4 is 46.6 Å². The highest BCUT2D eigenvalue weighted by Crippen LogP contribution is 2.42. The van der Waals surface area contributed by atoms with Crippen LogP contribution in [0.1, 0.15) is 25.8 Å². The number of rotatable bonds is 6. The number of nitrogens with one attached hydrogen (secondary N) is 1. The van der Waals surface area contributed by atoms with Crippen LogP contribution in [-0.4, -0.2) is 25.9 Å². The molecule has 9 heteroatoms. The molecule has 0 bridgehead atoms. The number of thioether (sulfide) groups is 1. The van der Waals surface area contributed by atoms with Crippen LogP contribution in [0, 0.1) is 5.82 Å². The molecule has 1 aliphatic carbocycles. The standard InChI is InChI=1S/C20H17Cl2FN4OS/c1-11(19(28)24-14-9-12(21)8-13(22)10-14)29-20-26-25-18(27(20)15-6-7-15)16-4-2-3-5-17(16)23/h2-5,8-11,15H,6-7H2,1H3,(H,24,28). The molecule has 1 fully saturated rings. The molecule has 2 aromatic carbocycles. The van der Waals surface area contributed by atoms with Crippen molar-refractivity contribution < 1.29 is 9.18 Å². The van der Waals surface area contributed by atoms with E-state index in [1.807, 2.05) is 4.57 Å². The summed E-state index contributed by atoms with van der Waals surface area (Å²) in [5, 5.41) is 12.3. The number of carbonyl (C=O) groups is 1. The van der Waals surface area contributed by atoms with Gasteiger partial charge in [-0.3, -0.25) is 9.36 Å². The van der Waals surface area contributed by atoms with Crippen molar-refractivity contribution in [3.8, 4) is 11.4 Å². The molecule has 4 rings (SSSR count). The van der Waals surface area contributed by atoms with Crippen molar-refractivity contribution in [1.29, 1.82) is 0 Å². The molecule has 1 aliphatic rings. The summed E-state index contributed by atoms with van der Waals surface area (Å²) in [5.74, 6) is -0.0737. The summed E-state index contributed by atoms with van der Waals surface area (Å²) in [5.41, 5.74) is 0.931. The normalized spacial score (nSPS) is 14.6. The van der Waals surface area contributed by atoms with Gasteiger partial charge in [0.25, 0.3) is 0 Å². The summed E-state index contributed by atoms with van der Waals surface area (Å²) in [6.07, 6.45) is 1.96. The Labute approximate surface area is 181 Å². The smallest absolute Gasteiger partial charge is 0.237 e. The Hall–Kier alpha value is -2.09. The maximum absolute atomic E-state index is 14.3. The van der Waals surface area contributed by atoms with E-state index in [4.69, 9.17) is 23.2 Å². The van der Waals surface area contributed by atoms with Gasteiger partial charge in [-0.05, 0) is 50.1 Å². The van der Waals surface area contributed by atoms with Crippen molar-refractivity contribution in [2.24, 2.45) is 0 Å². The predicted molar refractivity (Wildman–Crippen MR) is 114 cm³/mol. The van der Waals surface area contributed by atoms with Gasteiger partial charge in [-0.25, -0.2) is 4.39 Å². The van der Waals surface area contributed by atoms with E-state index >= 15 is 0 Å². The van der Waals surface area contributed by atoms with Crippen molar-refractivity contribution in [3.05, 3.63) is 58.3 Å². The maximum atomic E-state index is 14.3. The van der Waals surface area contributed by atoms with Crippen molar-refractivity contribution in [2.75, 3.05) is 5.32 Å². The minimum absolute atomic E-state index is 0.217. The third-order valence-corrected chi connectivity index (χ3v) is 5.97. The molecule has 1 amide bonds. The Balaban J connectivity index is 1.55. The number of halogens is 3. The summed E-state index contributed by atoms with van der Waals surface area (Å²) < 4.78 is 16.2. The van der Waals surface area contributed by atoms with Crippen LogP contribution in [0.2, 0.25) is 10.0 Å². The number of hydrogen-bond donors (Lipinski definition) is 1. The summed E-state index contributed by atoms with van der Waals surface area (Å²) in [6.45, 7) is 1.78. The summed E-state index contributed by atoms with van der Waals surface area (Å²) >= 11 is 13.3. The minimum Gasteiger partial charge on any atom is -0.325 e. The van der Waals surface area contributed by atoms with Crippen molar-refractivity contribution in [2.45, 2.75) is 36.2 Å². The first-order chi connectivity index (χ1) is 13.9. The van der Waals surface area contributed by atoms with E-state index in [9.17, 15) is 9.18 Å². The number of carbonyl (C=O) groups excluding carboxylic acids is 1. The molecule has 1 heterocycles. The highest BCUT2D eigenvalue weighted by Gasteiger charge is 2.32. The number of hydrogen-bond acceptors (Lipinski definition) is 4. The van der Waals surface area contributed by atoms with E-state index < -0.39 is 5.25 Å². The Morgan fingerprint density at radius 2 is 1.90 bits per heavy atom. The third-order valence-electron chi connectivity index (χ3n) is 4.47. The molecule has 1 unspecified atom stereocenters. The summed E-state index contributed by atoms with van der Waals surface area (Å²) in [6, 6.07) is 11.6. The number of aromatic nitrogens is 3. The van der Waals surface area contributed by atoms with E-state index in [1.54, 1.807) is 43.3 Å². The van der Waals surface area contributed by atoms with Crippen LogP contribution in [-0.2, 0) is 4.79 Å². The van der Waals surface area contributed by atoms with Gasteiger partial charge in [0.2, 0.25) is 5.91 Å². The predicted octanol–water partition coefficient (Wildman–Crippen LogP) is 5.85. The lowest BCUT2D eigenvalue weighted by Gasteiger charge is -2.14. The Morgan fingerprint density at radius 3 is 2.55 bits per heavy atom. The molecule has 1 atom stereocenters. The molecule has 0 spiro atoms. The van der Waals surface area contributed by atoms with Crippen LogP contribution in [0.25, 0.3) is 11.4 Å². The molecule has 3 aromatic rings. The zero-order chi connectivity index (χ0) is 20.5. The summed E-state index contributed by atoms with van der Waals surface area (Å²) in [4.78, 5) is 12.6. The Morgan fingerprint density at radius 1 is 1.21 bits per heavy atom. The lowest BCUT2D eigenvalue weighted by atomic mass is 10.2. The topological polar surface area (TPSA) is 59.8 Å². The average Bonchev–Trinajstić information content (AvgIpc) is 3.42. The lowest BCUT2D eigenvalue weighted by Crippen LogP contribution is -2.23. The van der Waals surface area contributed by atoms with Gasteiger partial charge in [0.05, 0.1) is 10.8 Å². The highest BCUT2D eigenvalue weighted by atomic mass is 35.5. The molecular formula is C20H17Cl2FN4OS. The largest absolute Gasteiger partial charge is 0.325 e. The van der Waals surface area contributed by atoms with Gasteiger partial charge in [-0.15, -0.1) is 10.2 Å². The van der Waals surface area contributed by atoms with Crippen molar-refractivity contribution in [3.63, 3.8) is 0 Å². The molecule has 0 radical (unpaired) electrons. The van der Waals surface area contributed by atoms with Gasteiger partial charge in [0, 0.05) is 21.8 Å². The maximum Gasteiger partial charge on any atom is 0.237 e. The van der Waals surface area contributed by atoms with Crippen LogP contribution in [0.15, 0.2) is 47.6 Å². The molecule has 1 aromatic heterocycles. The van der Waals surface area contributed by atoms with Crippen LogP contribution < -0.4 is 5.32 Å². The second kappa shape index (κ2) is 8.34. The number of amides is 1. The third kappa shape index (κ3) is 4.57. The first-order valence-electron chi connectivity index (χ1n) is 9.06. The fourth-order valence-electron chi connectivity index (χ4n) is 2.93. The Bertz CT molecular complexity index is 1050. The fourth-order valence-corrected chi connectivity index (χ4v) is 4.37. The van der Waals surface area contributed by atoms with Crippen molar-refractivity contribution in [1.82, 2.24) is 14.8 Å². The number of benzene rings is 2. The molecule has 1 N–H and O–H groups in total. The number of anilines is 1. The van der Waals surface area contributed by atoms with E-state index in [2.05, 4.69) is 15.5 Å². The first-order valence-corrected chi connectivity index (χ1v) is 10.7. The van der Waals surface area contributed by atoms with Gasteiger partial charge in [-0.2, -0.15) is 0 Å². The quantitative estimate of drug-likeness (QED) is 0.478. The molecule has 1 saturated carbocycles. The van der Waals surface area contributed by atoms with Gasteiger partial charge in [0.1, 0.15) is 5.82 Å². The zero-order valence-electron chi connectivity index (χ0n) is 15.4. The fraction of sp³-hybridized carbons (Fsp3) is 0.250. The molecule has 0 aliphatic heterocycles. The summed E-state index contributed by atoms with van der Waals surface area (Å²) in [7, 11) is 0. The van der Waals surface area contributed by atoms with Crippen LogP contribution >= 0.6 is 35.0 Å². The second-order valence-corrected chi connectivity index (χ2v) is 8.98. The molecular weight excluding hydrogens is 434 g/mol. The van der Waals surface area contributed by atoms with Gasteiger partial charge >= 0.3 is 0 Å². The first kappa shape index (κ1) is 20.2. The second-order valence-electron chi connectivity index (χ2n) is 6.79. The number of nitrogens with zero attached hydrogens (tertiary/aromatic N) is 3. The molecule has 5 nitrogen and oxygen atoms in total. The van der Waals surface area contributed by atoms with Crippen LogP contribution in [0.4, 0.5) is 10.1 Å². The zero-order valence-corrected chi connectivity index (χ0v) is 17.7. The van der Waals surface area contributed by atoms with Gasteiger partial charge in [-0.1, -0.05) is 47.1 Å². The van der Waals surface area contributed by atoms with E-state index in [-0.39, 0.29) is 17.8 Å². The Kier molecular flexibility index (Phi) is 5.81. The van der Waals surface area contributed by atoms with E-state index in [0.717, 1.165) is 12.8 Å². The molecule has 150 valence electrons. The molecule has 29 heavy (non-hydrogen) atoms. The van der Waals surface area contributed by atoms with E-state index in [0.29, 0.717) is 32.3 Å². The van der Waals surface area contributed by atoms with Crippen LogP contribution in [0.3, 0.4) is 0 Å². The van der Waals surface area contributed by atoms with Gasteiger partial charge in [0.15, 0.2) is 11.0 Å². The minimum atomic E-state index is -0.456. The highest BCUT2D eigenvalue weighted by molar-refractivity contribution is 8.00. The lowest BCUT2D eigenvalue weighted by molar-refractivity contribution is -0.115. The monoisotopic (exact) mass is 450 g/mol. The average molecular weight is 451 g/mol. The molecule has 0 saturated heterocycles.